The molecule has 1 unspecified atom stereocenters. The minimum absolute atomic E-state index is 0. The molecule has 1 saturated heterocycles. The highest BCUT2D eigenvalue weighted by Gasteiger charge is 2.20. The summed E-state index contributed by atoms with van der Waals surface area (Å²) in [7, 11) is 0. The summed E-state index contributed by atoms with van der Waals surface area (Å²) in [6.07, 6.45) is 2.50. The maximum atomic E-state index is 5.72. The van der Waals surface area contributed by atoms with Crippen molar-refractivity contribution in [1.82, 2.24) is 9.88 Å². The van der Waals surface area contributed by atoms with Gasteiger partial charge in [0.2, 0.25) is 5.89 Å². The molecule has 1 aromatic rings. The maximum absolute atomic E-state index is 5.72. The first-order valence-electron chi connectivity index (χ1n) is 6.04. The van der Waals surface area contributed by atoms with E-state index in [1.54, 1.807) is 0 Å². The monoisotopic (exact) mass is 295 g/mol. The van der Waals surface area contributed by atoms with Crippen LogP contribution < -0.4 is 5.73 Å². The second-order valence-electron chi connectivity index (χ2n) is 4.73. The van der Waals surface area contributed by atoms with E-state index in [1.807, 2.05) is 13.8 Å². The zero-order valence-corrected chi connectivity index (χ0v) is 12.6. The molecule has 106 valence electrons. The minimum atomic E-state index is 0. The smallest absolute Gasteiger partial charge is 0.208 e. The summed E-state index contributed by atoms with van der Waals surface area (Å²) in [6.45, 7) is 7.78. The summed E-state index contributed by atoms with van der Waals surface area (Å²) in [6, 6.07) is 0. The van der Waals surface area contributed by atoms with Crippen LogP contribution in [0.3, 0.4) is 0 Å². The average molecular weight is 296 g/mol. The molecule has 0 bridgehead atoms. The molecule has 1 aliphatic heterocycles. The third kappa shape index (κ3) is 4.43. The fourth-order valence-electron chi connectivity index (χ4n) is 2.29. The molecule has 1 fully saturated rings. The third-order valence-electron chi connectivity index (χ3n) is 3.37. The second-order valence-corrected chi connectivity index (χ2v) is 4.73. The van der Waals surface area contributed by atoms with Crippen LogP contribution in [0.5, 0.6) is 0 Å². The van der Waals surface area contributed by atoms with Crippen LogP contribution in [0.1, 0.15) is 30.2 Å². The molecule has 18 heavy (non-hydrogen) atoms. The summed E-state index contributed by atoms with van der Waals surface area (Å²) in [5.74, 6) is 2.42. The molecule has 0 radical (unpaired) electrons. The van der Waals surface area contributed by atoms with Gasteiger partial charge >= 0.3 is 0 Å². The van der Waals surface area contributed by atoms with Crippen molar-refractivity contribution >= 4 is 24.8 Å². The Morgan fingerprint density at radius 3 is 2.67 bits per heavy atom. The second kappa shape index (κ2) is 8.00. The zero-order valence-electron chi connectivity index (χ0n) is 11.0. The molecule has 0 spiro atoms. The van der Waals surface area contributed by atoms with E-state index in [2.05, 4.69) is 9.88 Å². The van der Waals surface area contributed by atoms with E-state index < -0.39 is 0 Å². The molecule has 1 atom stereocenters. The van der Waals surface area contributed by atoms with Gasteiger partial charge in [0.1, 0.15) is 5.76 Å². The summed E-state index contributed by atoms with van der Waals surface area (Å²) >= 11 is 0. The fourth-order valence-corrected chi connectivity index (χ4v) is 2.29. The van der Waals surface area contributed by atoms with E-state index in [9.17, 15) is 0 Å². The molecule has 1 aromatic heterocycles. The van der Waals surface area contributed by atoms with Gasteiger partial charge in [-0.1, -0.05) is 0 Å². The molecule has 0 saturated carbocycles. The van der Waals surface area contributed by atoms with Crippen LogP contribution in [-0.2, 0) is 6.54 Å². The van der Waals surface area contributed by atoms with Crippen LogP contribution in [0.2, 0.25) is 0 Å². The summed E-state index contributed by atoms with van der Waals surface area (Å²) in [5, 5.41) is 0. The molecule has 6 heteroatoms. The third-order valence-corrected chi connectivity index (χ3v) is 3.37. The molecule has 0 aromatic carbocycles. The van der Waals surface area contributed by atoms with E-state index in [1.165, 1.54) is 12.8 Å². The zero-order chi connectivity index (χ0) is 11.5. The van der Waals surface area contributed by atoms with Crippen LogP contribution in [0.15, 0.2) is 4.42 Å². The number of piperidine rings is 1. The number of nitrogens with two attached hydrogens (primary N) is 1. The van der Waals surface area contributed by atoms with Crippen molar-refractivity contribution in [3.8, 4) is 0 Å². The first kappa shape index (κ1) is 17.7. The van der Waals surface area contributed by atoms with Gasteiger partial charge in [0.25, 0.3) is 0 Å². The molecular formula is C12H23Cl2N3O. The van der Waals surface area contributed by atoms with Gasteiger partial charge in [-0.3, -0.25) is 4.90 Å². The largest absolute Gasteiger partial charge is 0.444 e. The van der Waals surface area contributed by atoms with Crippen molar-refractivity contribution < 1.29 is 4.42 Å². The molecule has 4 nitrogen and oxygen atoms in total. The van der Waals surface area contributed by atoms with Gasteiger partial charge in [0, 0.05) is 6.54 Å². The van der Waals surface area contributed by atoms with Crippen LogP contribution in [0, 0.1) is 19.8 Å². The maximum Gasteiger partial charge on any atom is 0.208 e. The highest BCUT2D eigenvalue weighted by Crippen LogP contribution is 2.18. The highest BCUT2D eigenvalue weighted by atomic mass is 35.5. The quantitative estimate of drug-likeness (QED) is 0.930. The Hall–Kier alpha value is -0.290. The Morgan fingerprint density at radius 2 is 2.11 bits per heavy atom. The normalized spacial score (nSPS) is 20.1. The Labute approximate surface area is 121 Å². The van der Waals surface area contributed by atoms with Crippen LogP contribution in [-0.4, -0.2) is 29.5 Å². The number of nitrogens with zero attached hydrogens (tertiary/aromatic N) is 2. The molecule has 0 amide bonds. The van der Waals surface area contributed by atoms with Crippen LogP contribution >= 0.6 is 24.8 Å². The van der Waals surface area contributed by atoms with E-state index in [4.69, 9.17) is 10.2 Å². The van der Waals surface area contributed by atoms with E-state index in [-0.39, 0.29) is 24.8 Å². The standard InChI is InChI=1S/C12H21N3O.2ClH/c1-9-10(2)16-12(14-9)8-15-5-3-4-11(6-13)7-15;;/h11H,3-8,13H2,1-2H3;2*1H. The fraction of sp³-hybridized carbons (Fsp3) is 0.750. The average Bonchev–Trinajstić information content (AvgIpc) is 2.58. The van der Waals surface area contributed by atoms with E-state index >= 15 is 0 Å². The molecule has 2 heterocycles. The minimum Gasteiger partial charge on any atom is -0.444 e. The lowest BCUT2D eigenvalue weighted by Crippen LogP contribution is -2.37. The number of aromatic nitrogens is 1. The molecule has 1 aliphatic rings. The lowest BCUT2D eigenvalue weighted by Gasteiger charge is -2.30. The van der Waals surface area contributed by atoms with Crippen LogP contribution in [0.4, 0.5) is 0 Å². The molecular weight excluding hydrogens is 273 g/mol. The number of oxazole rings is 1. The SMILES string of the molecule is Cc1nc(CN2CCCC(CN)C2)oc1C.Cl.Cl. The highest BCUT2D eigenvalue weighted by molar-refractivity contribution is 5.85. The van der Waals surface area contributed by atoms with Gasteiger partial charge < -0.3 is 10.2 Å². The predicted molar refractivity (Wildman–Crippen MR) is 77.5 cm³/mol. The topological polar surface area (TPSA) is 55.3 Å². The number of rotatable bonds is 3. The van der Waals surface area contributed by atoms with Crippen LogP contribution in [0.25, 0.3) is 0 Å². The van der Waals surface area contributed by atoms with E-state index in [0.29, 0.717) is 5.92 Å². The molecule has 2 rings (SSSR count). The Morgan fingerprint density at radius 1 is 1.39 bits per heavy atom. The predicted octanol–water partition coefficient (Wildman–Crippen LogP) is 2.31. The lowest BCUT2D eigenvalue weighted by molar-refractivity contribution is 0.157. The van der Waals surface area contributed by atoms with Gasteiger partial charge in [-0.15, -0.1) is 24.8 Å². The Bertz CT molecular complexity index is 338. The number of hydrogen-bond acceptors (Lipinski definition) is 4. The number of halogens is 2. The van der Waals surface area contributed by atoms with Crippen molar-refractivity contribution in [2.75, 3.05) is 19.6 Å². The van der Waals surface area contributed by atoms with Crippen molar-refractivity contribution in [3.63, 3.8) is 0 Å². The van der Waals surface area contributed by atoms with Crippen molar-refractivity contribution in [2.45, 2.75) is 33.2 Å². The lowest BCUT2D eigenvalue weighted by atomic mass is 9.98. The van der Waals surface area contributed by atoms with Gasteiger partial charge in [-0.25, -0.2) is 4.98 Å². The van der Waals surface area contributed by atoms with Gasteiger partial charge in [-0.05, 0) is 45.7 Å². The van der Waals surface area contributed by atoms with Crippen molar-refractivity contribution in [3.05, 3.63) is 17.3 Å². The number of aryl methyl sites for hydroxylation is 2. The van der Waals surface area contributed by atoms with Gasteiger partial charge in [0.15, 0.2) is 0 Å². The number of hydrogen-bond donors (Lipinski definition) is 1. The van der Waals surface area contributed by atoms with Crippen molar-refractivity contribution in [2.24, 2.45) is 11.7 Å². The molecule has 2 N–H and O–H groups in total. The van der Waals surface area contributed by atoms with Gasteiger partial charge in [0.05, 0.1) is 12.2 Å². The molecule has 0 aliphatic carbocycles. The first-order valence-corrected chi connectivity index (χ1v) is 6.04. The van der Waals surface area contributed by atoms with E-state index in [0.717, 1.165) is 43.5 Å². The summed E-state index contributed by atoms with van der Waals surface area (Å²) < 4.78 is 5.60. The Kier molecular flexibility index (Phi) is 7.87. The summed E-state index contributed by atoms with van der Waals surface area (Å²) in [5.41, 5.74) is 6.72. The van der Waals surface area contributed by atoms with Crippen molar-refractivity contribution in [1.29, 1.82) is 0 Å². The summed E-state index contributed by atoms with van der Waals surface area (Å²) in [4.78, 5) is 6.81. The number of likely N-dealkylation sites (tertiary alicyclic amines) is 1. The Balaban J connectivity index is 0.00000144. The first-order chi connectivity index (χ1) is 7.69. The van der Waals surface area contributed by atoms with Gasteiger partial charge in [-0.2, -0.15) is 0 Å².